The van der Waals surface area contributed by atoms with Crippen LogP contribution in [-0.4, -0.2) is 0 Å². The van der Waals surface area contributed by atoms with Crippen LogP contribution < -0.4 is 0 Å². The normalized spacial score (nSPS) is 16.6. The summed E-state index contributed by atoms with van der Waals surface area (Å²) in [5.41, 5.74) is 1.02. The van der Waals surface area contributed by atoms with Gasteiger partial charge in [0.1, 0.15) is 0 Å². The average Bonchev–Trinajstić information content (AvgIpc) is 2.69. The maximum atomic E-state index is 8.59. The average molecular weight is 262 g/mol. The Labute approximate surface area is 129 Å². The predicted octanol–water partition coefficient (Wildman–Crippen LogP) is 5.66. The van der Waals surface area contributed by atoms with Gasteiger partial charge in [0, 0.05) is 0 Å². The molecular weight excluding hydrogens is 240 g/mol. The minimum absolute atomic E-state index is 0.0168. The first-order valence-corrected chi connectivity index (χ1v) is 6.24. The maximum absolute atomic E-state index is 8.59. The molecule has 0 heterocycles. The van der Waals surface area contributed by atoms with E-state index >= 15 is 0 Å². The molecule has 0 aromatic heterocycles. The van der Waals surface area contributed by atoms with Crippen molar-refractivity contribution in [2.24, 2.45) is 0 Å². The quantitative estimate of drug-likeness (QED) is 0.388. The molecule has 0 nitrogen and oxygen atoms in total. The standard InChI is InChI=1S/C20H14/c1-2-7-15(8-3-1)19-12-6-11-18-13-16-9-4-5-10-17(16)14-20(18)19/h1-14H/i4D,5D,6D,9D,10D,11D,12D,13D. The van der Waals surface area contributed by atoms with Gasteiger partial charge in [-0.15, -0.1) is 0 Å². The molecule has 0 aliphatic rings. The van der Waals surface area contributed by atoms with Crippen molar-refractivity contribution in [3.8, 4) is 11.1 Å². The molecule has 0 radical (unpaired) electrons. The summed E-state index contributed by atoms with van der Waals surface area (Å²) < 4.78 is 65.7. The van der Waals surface area contributed by atoms with E-state index in [1.165, 1.54) is 6.07 Å². The lowest BCUT2D eigenvalue weighted by molar-refractivity contribution is 1.66. The van der Waals surface area contributed by atoms with Crippen LogP contribution in [-0.2, 0) is 0 Å². The fourth-order valence-electron chi connectivity index (χ4n) is 2.29. The molecule has 20 heavy (non-hydrogen) atoms. The first kappa shape index (κ1) is 5.80. The lowest BCUT2D eigenvalue weighted by Gasteiger charge is -2.08. The Balaban J connectivity index is 2.34. The highest BCUT2D eigenvalue weighted by Crippen LogP contribution is 2.31. The largest absolute Gasteiger partial charge is 0.0636 e. The Bertz CT molecular complexity index is 1280. The molecule has 0 saturated carbocycles. The summed E-state index contributed by atoms with van der Waals surface area (Å²) in [6.07, 6.45) is 0. The number of hydrogen-bond acceptors (Lipinski definition) is 0. The molecular formula is C20H14. The zero-order chi connectivity index (χ0) is 20.3. The van der Waals surface area contributed by atoms with E-state index in [4.69, 9.17) is 11.0 Å². The Morgan fingerprint density at radius 1 is 0.700 bits per heavy atom. The van der Waals surface area contributed by atoms with Crippen LogP contribution >= 0.6 is 0 Å². The van der Waals surface area contributed by atoms with Crippen molar-refractivity contribution < 1.29 is 11.0 Å². The monoisotopic (exact) mass is 262 g/mol. The van der Waals surface area contributed by atoms with Crippen molar-refractivity contribution in [1.82, 2.24) is 0 Å². The predicted molar refractivity (Wildman–Crippen MR) is 86.9 cm³/mol. The van der Waals surface area contributed by atoms with Crippen molar-refractivity contribution in [2.45, 2.75) is 0 Å². The minimum Gasteiger partial charge on any atom is -0.0622 e. The summed E-state index contributed by atoms with van der Waals surface area (Å²) in [6, 6.07) is 8.00. The summed E-state index contributed by atoms with van der Waals surface area (Å²) in [4.78, 5) is 0. The second kappa shape index (κ2) is 4.50. The first-order valence-electron chi connectivity index (χ1n) is 10.2. The lowest BCUT2D eigenvalue weighted by Crippen LogP contribution is -1.82. The van der Waals surface area contributed by atoms with E-state index in [2.05, 4.69) is 0 Å². The molecule has 0 unspecified atom stereocenters. The van der Waals surface area contributed by atoms with Gasteiger partial charge in [0.2, 0.25) is 0 Å². The van der Waals surface area contributed by atoms with Gasteiger partial charge in [0.25, 0.3) is 0 Å². The third kappa shape index (κ3) is 1.78. The molecule has 0 N–H and O–H groups in total. The number of fused-ring (bicyclic) bond motifs is 2. The van der Waals surface area contributed by atoms with Gasteiger partial charge in [0.15, 0.2) is 0 Å². The van der Waals surface area contributed by atoms with Gasteiger partial charge < -0.3 is 0 Å². The SMILES string of the molecule is [2H]c1c([2H])c([2H])c2c([2H])c3c([2H])c([2H])c([2H])c(-c4ccccc4)c3cc2c1[2H]. The van der Waals surface area contributed by atoms with Gasteiger partial charge in [-0.3, -0.25) is 0 Å². The minimum atomic E-state index is -0.441. The molecule has 0 heteroatoms. The number of hydrogen-bond donors (Lipinski definition) is 0. The summed E-state index contributed by atoms with van der Waals surface area (Å²) in [5, 5.41) is 0.650. The van der Waals surface area contributed by atoms with Crippen LogP contribution in [0.5, 0.6) is 0 Å². The maximum Gasteiger partial charge on any atom is 0.0636 e. The number of benzene rings is 4. The smallest absolute Gasteiger partial charge is 0.0622 e. The second-order valence-corrected chi connectivity index (χ2v) is 4.46. The van der Waals surface area contributed by atoms with Gasteiger partial charge in [0.05, 0.1) is 11.0 Å². The van der Waals surface area contributed by atoms with E-state index in [1.807, 2.05) is 6.07 Å². The molecule has 0 aliphatic heterocycles. The van der Waals surface area contributed by atoms with Gasteiger partial charge >= 0.3 is 0 Å². The van der Waals surface area contributed by atoms with E-state index in [0.717, 1.165) is 0 Å². The van der Waals surface area contributed by atoms with E-state index in [0.29, 0.717) is 16.5 Å². The lowest BCUT2D eigenvalue weighted by atomic mass is 9.96. The first-order chi connectivity index (χ1) is 13.3. The topological polar surface area (TPSA) is 0 Å². The molecule has 0 fully saturated rings. The molecule has 0 aliphatic carbocycles. The highest BCUT2D eigenvalue weighted by Gasteiger charge is 2.04. The van der Waals surface area contributed by atoms with Gasteiger partial charge in [-0.25, -0.2) is 0 Å². The molecule has 0 bridgehead atoms. The van der Waals surface area contributed by atoms with Crippen LogP contribution in [0.3, 0.4) is 0 Å². The molecule has 0 spiro atoms. The van der Waals surface area contributed by atoms with Crippen LogP contribution in [0.4, 0.5) is 0 Å². The summed E-state index contributed by atoms with van der Waals surface area (Å²) in [7, 11) is 0. The van der Waals surface area contributed by atoms with Crippen LogP contribution in [0.2, 0.25) is 0 Å². The van der Waals surface area contributed by atoms with Gasteiger partial charge in [-0.05, 0) is 44.8 Å². The zero-order valence-electron chi connectivity index (χ0n) is 18.5. The third-order valence-electron chi connectivity index (χ3n) is 3.23. The van der Waals surface area contributed by atoms with E-state index in [-0.39, 0.29) is 52.4 Å². The van der Waals surface area contributed by atoms with Crippen molar-refractivity contribution in [1.29, 1.82) is 0 Å². The molecule has 4 rings (SSSR count). The summed E-state index contributed by atoms with van der Waals surface area (Å²) in [5.74, 6) is 0. The van der Waals surface area contributed by atoms with E-state index in [9.17, 15) is 0 Å². The Morgan fingerprint density at radius 2 is 1.45 bits per heavy atom. The molecule has 94 valence electrons. The fourth-order valence-corrected chi connectivity index (χ4v) is 2.29. The van der Waals surface area contributed by atoms with E-state index < -0.39 is 12.1 Å². The second-order valence-electron chi connectivity index (χ2n) is 4.46. The Morgan fingerprint density at radius 3 is 2.30 bits per heavy atom. The van der Waals surface area contributed by atoms with Crippen molar-refractivity contribution in [2.75, 3.05) is 0 Å². The molecule has 0 atom stereocenters. The van der Waals surface area contributed by atoms with Crippen LogP contribution in [0.25, 0.3) is 32.7 Å². The van der Waals surface area contributed by atoms with Crippen LogP contribution in [0, 0.1) is 0 Å². The van der Waals surface area contributed by atoms with Crippen LogP contribution in [0.15, 0.2) is 84.7 Å². The van der Waals surface area contributed by atoms with Crippen molar-refractivity contribution in [3.05, 3.63) is 84.7 Å². The zero-order valence-corrected chi connectivity index (χ0v) is 10.5. The van der Waals surface area contributed by atoms with Gasteiger partial charge in [-0.1, -0.05) is 72.6 Å². The molecule has 0 amide bonds. The summed E-state index contributed by atoms with van der Waals surface area (Å²) in [6.45, 7) is 0. The molecule has 4 aromatic rings. The van der Waals surface area contributed by atoms with Gasteiger partial charge in [-0.2, -0.15) is 0 Å². The van der Waals surface area contributed by atoms with Crippen molar-refractivity contribution in [3.63, 3.8) is 0 Å². The Hall–Kier alpha value is -2.60. The highest BCUT2D eigenvalue weighted by molar-refractivity contribution is 6.04. The van der Waals surface area contributed by atoms with Crippen LogP contribution in [0.1, 0.15) is 11.0 Å². The van der Waals surface area contributed by atoms with E-state index in [1.54, 1.807) is 24.3 Å². The third-order valence-corrected chi connectivity index (χ3v) is 3.23. The Kier molecular flexibility index (Phi) is 1.31. The molecule has 4 aromatic carbocycles. The highest BCUT2D eigenvalue weighted by atomic mass is 14.1. The summed E-state index contributed by atoms with van der Waals surface area (Å²) >= 11 is 0. The number of rotatable bonds is 1. The fraction of sp³-hybridized carbons (Fsp3) is 0. The van der Waals surface area contributed by atoms with Crippen molar-refractivity contribution >= 4 is 21.5 Å². The molecule has 0 saturated heterocycles.